The number of fused-ring (bicyclic) bond motifs is 2. The summed E-state index contributed by atoms with van der Waals surface area (Å²) in [4.78, 5) is 13.8. The van der Waals surface area contributed by atoms with Crippen molar-refractivity contribution in [1.29, 1.82) is 0 Å². The fourth-order valence-electron chi connectivity index (χ4n) is 9.90. The molecule has 4 N–H and O–H groups in total. The molecule has 4 aliphatic carbocycles. The maximum Gasteiger partial charge on any atom is 0.315 e. The van der Waals surface area contributed by atoms with Gasteiger partial charge in [-0.3, -0.25) is 4.79 Å². The largest absolute Gasteiger partial charge is 0.481 e. The van der Waals surface area contributed by atoms with Crippen LogP contribution in [0.5, 0.6) is 0 Å². The van der Waals surface area contributed by atoms with Crippen molar-refractivity contribution in [1.82, 2.24) is 0 Å². The molecule has 37 heavy (non-hydrogen) atoms. The van der Waals surface area contributed by atoms with E-state index in [2.05, 4.69) is 26.8 Å². The monoisotopic (exact) mass is 522 g/mol. The van der Waals surface area contributed by atoms with E-state index in [1.54, 1.807) is 6.92 Å². The Hall–Kier alpha value is -1.07. The van der Waals surface area contributed by atoms with Crippen LogP contribution in [0.3, 0.4) is 0 Å². The molecule has 2 heterocycles. The molecule has 0 aromatic carbocycles. The molecule has 0 aromatic heterocycles. The second kappa shape index (κ2) is 8.71. The number of rotatable bonds is 6. The lowest BCUT2D eigenvalue weighted by Gasteiger charge is -2.61. The molecule has 9 heteroatoms. The van der Waals surface area contributed by atoms with E-state index in [0.29, 0.717) is 37.9 Å². The Morgan fingerprint density at radius 1 is 1.08 bits per heavy atom. The van der Waals surface area contributed by atoms with Gasteiger partial charge >= 0.3 is 5.97 Å². The molecule has 12 atom stereocenters. The molecule has 6 rings (SSSR count). The molecule has 2 saturated heterocycles. The highest BCUT2D eigenvalue weighted by molar-refractivity contribution is 5.85. The van der Waals surface area contributed by atoms with Gasteiger partial charge < -0.3 is 39.4 Å². The fraction of sp³-hybridized carbons (Fsp3) is 0.893. The number of hydrogen-bond acceptors (Lipinski definition) is 8. The van der Waals surface area contributed by atoms with Gasteiger partial charge in [0, 0.05) is 10.8 Å². The molecule has 208 valence electrons. The molecule has 0 amide bonds. The number of aliphatic hydroxyl groups excluding tert-OH is 3. The molecule has 0 aromatic rings. The highest BCUT2D eigenvalue weighted by Crippen LogP contribution is 2.84. The Labute approximate surface area is 218 Å². The highest BCUT2D eigenvalue weighted by Gasteiger charge is 2.86. The van der Waals surface area contributed by atoms with E-state index in [9.17, 15) is 25.2 Å². The third-order valence-corrected chi connectivity index (χ3v) is 11.3. The zero-order chi connectivity index (χ0) is 26.5. The van der Waals surface area contributed by atoms with E-state index in [0.717, 1.165) is 18.4 Å². The summed E-state index contributed by atoms with van der Waals surface area (Å²) in [5.74, 6) is 0.0747. The fourth-order valence-corrected chi connectivity index (χ4v) is 9.90. The van der Waals surface area contributed by atoms with Crippen LogP contribution in [-0.4, -0.2) is 83.2 Å². The second-order valence-electron chi connectivity index (χ2n) is 12.9. The molecule has 0 unspecified atom stereocenters. The first-order valence-corrected chi connectivity index (χ1v) is 14.0. The number of allylic oxidation sites excluding steroid dienone is 1. The van der Waals surface area contributed by atoms with Crippen LogP contribution in [0.25, 0.3) is 0 Å². The Morgan fingerprint density at radius 3 is 2.43 bits per heavy atom. The molecular weight excluding hydrogens is 480 g/mol. The lowest BCUT2D eigenvalue weighted by atomic mass is 9.42. The number of aliphatic carboxylic acids is 1. The number of aliphatic hydroxyl groups is 3. The maximum absolute atomic E-state index is 13.8. The summed E-state index contributed by atoms with van der Waals surface area (Å²) >= 11 is 0. The van der Waals surface area contributed by atoms with Crippen molar-refractivity contribution < 1.29 is 44.2 Å². The molecule has 0 spiro atoms. The van der Waals surface area contributed by atoms with Crippen LogP contribution in [0.15, 0.2) is 11.6 Å². The van der Waals surface area contributed by atoms with Gasteiger partial charge in [0.15, 0.2) is 12.6 Å². The Kier molecular flexibility index (Phi) is 6.16. The lowest BCUT2D eigenvalue weighted by Crippen LogP contribution is -2.67. The van der Waals surface area contributed by atoms with Crippen LogP contribution < -0.4 is 0 Å². The van der Waals surface area contributed by atoms with Gasteiger partial charge in [-0.05, 0) is 55.8 Å². The predicted octanol–water partition coefficient (Wildman–Crippen LogP) is 1.93. The standard InChI is InChI=1S/C28H42O9/c1-13(2)19-9-16-10-27(25-34-7-8-35-25)18-6-5-14(3)17(18)11-26(16,28(19,27)24(32)33)12-36-23-22(31)21(30)20(29)15(4)37-23/h9,13-18,20-23,25,29-31H,5-8,10-12H2,1-4H3,(H,32,33)/t14-,15+,16+,17-,18-,20+,21-,22-,23+,26+,27-,28-/m0/s1. The highest BCUT2D eigenvalue weighted by atomic mass is 16.7. The van der Waals surface area contributed by atoms with Crippen molar-refractivity contribution in [3.05, 3.63) is 11.6 Å². The number of carboxylic acid groups (broad SMARTS) is 1. The van der Waals surface area contributed by atoms with E-state index in [1.807, 2.05) is 0 Å². The molecule has 6 aliphatic rings. The molecule has 2 aliphatic heterocycles. The quantitative estimate of drug-likeness (QED) is 0.386. The molecule has 4 bridgehead atoms. The van der Waals surface area contributed by atoms with Crippen molar-refractivity contribution in [2.75, 3.05) is 19.8 Å². The maximum atomic E-state index is 13.8. The summed E-state index contributed by atoms with van der Waals surface area (Å²) in [7, 11) is 0. The van der Waals surface area contributed by atoms with Crippen molar-refractivity contribution in [3.8, 4) is 0 Å². The van der Waals surface area contributed by atoms with Crippen LogP contribution in [-0.2, 0) is 23.7 Å². The normalized spacial score (nSPS) is 53.1. The van der Waals surface area contributed by atoms with Crippen LogP contribution in [0.4, 0.5) is 0 Å². The Morgan fingerprint density at radius 2 is 1.78 bits per heavy atom. The van der Waals surface area contributed by atoms with Crippen molar-refractivity contribution in [2.45, 2.75) is 90.4 Å². The summed E-state index contributed by atoms with van der Waals surface area (Å²) in [5, 5.41) is 42.5. The van der Waals surface area contributed by atoms with E-state index < -0.39 is 59.2 Å². The summed E-state index contributed by atoms with van der Waals surface area (Å²) in [6.07, 6.45) is -0.964. The van der Waals surface area contributed by atoms with E-state index in [4.69, 9.17) is 18.9 Å². The van der Waals surface area contributed by atoms with Crippen LogP contribution in [0.1, 0.15) is 53.4 Å². The summed E-state index contributed by atoms with van der Waals surface area (Å²) in [5.41, 5.74) is -1.77. The summed E-state index contributed by atoms with van der Waals surface area (Å²) in [6.45, 7) is 9.01. The smallest absolute Gasteiger partial charge is 0.315 e. The SMILES string of the molecule is CC(C)C1=C[C@@H]2C[C@@]3(C4OCCO4)[C@H]4CC[C@H](C)[C@@H]4C[C@]2(CO[C@@H]2O[C@H](C)[C@@H](O)[C@H](O)[C@@H]2O)[C@@]13C(=O)O. The van der Waals surface area contributed by atoms with Gasteiger partial charge in [0.1, 0.15) is 23.7 Å². The molecule has 3 saturated carbocycles. The van der Waals surface area contributed by atoms with Crippen LogP contribution >= 0.6 is 0 Å². The van der Waals surface area contributed by atoms with Gasteiger partial charge in [0.05, 0.1) is 25.9 Å². The lowest BCUT2D eigenvalue weighted by molar-refractivity contribution is -0.307. The first-order valence-electron chi connectivity index (χ1n) is 14.0. The van der Waals surface area contributed by atoms with Gasteiger partial charge in [0.25, 0.3) is 0 Å². The number of carboxylic acids is 1. The predicted molar refractivity (Wildman–Crippen MR) is 130 cm³/mol. The van der Waals surface area contributed by atoms with Gasteiger partial charge in [-0.2, -0.15) is 0 Å². The molecular formula is C28H42O9. The summed E-state index contributed by atoms with van der Waals surface area (Å²) < 4.78 is 24.5. The third-order valence-electron chi connectivity index (χ3n) is 11.3. The van der Waals surface area contributed by atoms with E-state index >= 15 is 0 Å². The topological polar surface area (TPSA) is 135 Å². The van der Waals surface area contributed by atoms with Gasteiger partial charge in [-0.1, -0.05) is 38.8 Å². The van der Waals surface area contributed by atoms with Gasteiger partial charge in [-0.15, -0.1) is 0 Å². The van der Waals surface area contributed by atoms with E-state index in [1.165, 1.54) is 0 Å². The van der Waals surface area contributed by atoms with Crippen molar-refractivity contribution in [3.63, 3.8) is 0 Å². The number of ether oxygens (including phenoxy) is 4. The van der Waals surface area contributed by atoms with Crippen LogP contribution in [0, 0.1) is 45.8 Å². The molecule has 0 radical (unpaired) electrons. The molecule has 5 fully saturated rings. The number of hydrogen-bond donors (Lipinski definition) is 4. The molecule has 9 nitrogen and oxygen atoms in total. The van der Waals surface area contributed by atoms with Crippen molar-refractivity contribution in [2.24, 2.45) is 45.8 Å². The summed E-state index contributed by atoms with van der Waals surface area (Å²) in [6, 6.07) is 0. The minimum Gasteiger partial charge on any atom is -0.481 e. The first kappa shape index (κ1) is 26.2. The zero-order valence-corrected chi connectivity index (χ0v) is 22.2. The average molecular weight is 523 g/mol. The van der Waals surface area contributed by atoms with Crippen molar-refractivity contribution >= 4 is 5.97 Å². The van der Waals surface area contributed by atoms with Gasteiger partial charge in [0.2, 0.25) is 0 Å². The zero-order valence-electron chi connectivity index (χ0n) is 22.2. The third kappa shape index (κ3) is 3.08. The average Bonchev–Trinajstić information content (AvgIpc) is 3.61. The van der Waals surface area contributed by atoms with Crippen LogP contribution in [0.2, 0.25) is 0 Å². The minimum atomic E-state index is -1.44. The number of carbonyl (C=O) groups is 1. The Bertz CT molecular complexity index is 961. The van der Waals surface area contributed by atoms with E-state index in [-0.39, 0.29) is 24.4 Å². The second-order valence-corrected chi connectivity index (χ2v) is 12.9. The van der Waals surface area contributed by atoms with Gasteiger partial charge in [-0.25, -0.2) is 0 Å². The Balaban J connectivity index is 1.47. The first-order chi connectivity index (χ1) is 17.5. The minimum absolute atomic E-state index is 0.0189.